The van der Waals surface area contributed by atoms with Gasteiger partial charge in [0.1, 0.15) is 0 Å². The van der Waals surface area contributed by atoms with Crippen LogP contribution in [0.2, 0.25) is 0 Å². The highest BCUT2D eigenvalue weighted by atomic mass is 32.2. The maximum Gasteiger partial charge on any atom is 0.290 e. The minimum Gasteiger partial charge on any atom is -0.267 e. The van der Waals surface area contributed by atoms with Crippen molar-refractivity contribution in [2.45, 2.75) is 32.2 Å². The molecular weight excluding hydrogens is 446 g/mol. The van der Waals surface area contributed by atoms with Crippen molar-refractivity contribution < 1.29 is 18.0 Å². The predicted molar refractivity (Wildman–Crippen MR) is 123 cm³/mol. The maximum absolute atomic E-state index is 12.8. The lowest BCUT2D eigenvalue weighted by Crippen LogP contribution is -2.43. The predicted octanol–water partition coefficient (Wildman–Crippen LogP) is 1.36. The number of rotatable bonds is 5. The number of amides is 2. The summed E-state index contributed by atoms with van der Waals surface area (Å²) in [5, 5.41) is 4.80. The summed E-state index contributed by atoms with van der Waals surface area (Å²) in [6.07, 6.45) is 0. The van der Waals surface area contributed by atoms with Crippen LogP contribution < -0.4 is 16.4 Å². The Hall–Kier alpha value is -3.57. The molecule has 0 aliphatic rings. The number of benzene rings is 2. The lowest BCUT2D eigenvalue weighted by Gasteiger charge is -2.17. The van der Waals surface area contributed by atoms with Crippen LogP contribution in [0.25, 0.3) is 10.8 Å². The molecule has 0 aliphatic carbocycles. The van der Waals surface area contributed by atoms with Crippen molar-refractivity contribution in [2.75, 3.05) is 14.1 Å². The van der Waals surface area contributed by atoms with Crippen molar-refractivity contribution in [3.05, 3.63) is 69.1 Å². The smallest absolute Gasteiger partial charge is 0.267 e. The van der Waals surface area contributed by atoms with Gasteiger partial charge < -0.3 is 0 Å². The van der Waals surface area contributed by atoms with E-state index in [0.717, 1.165) is 4.31 Å². The zero-order chi connectivity index (χ0) is 24.5. The Labute approximate surface area is 191 Å². The van der Waals surface area contributed by atoms with Gasteiger partial charge in [0.05, 0.1) is 10.3 Å². The van der Waals surface area contributed by atoms with Gasteiger partial charge in [-0.3, -0.25) is 25.2 Å². The topological polar surface area (TPSA) is 130 Å². The van der Waals surface area contributed by atoms with Gasteiger partial charge in [-0.1, -0.05) is 18.2 Å². The molecular formula is C22H25N5O5S. The minimum atomic E-state index is -3.77. The van der Waals surface area contributed by atoms with Crippen LogP contribution in [-0.2, 0) is 16.6 Å². The summed E-state index contributed by atoms with van der Waals surface area (Å²) in [6.45, 7) is 5.35. The van der Waals surface area contributed by atoms with E-state index in [9.17, 15) is 22.8 Å². The van der Waals surface area contributed by atoms with E-state index in [1.165, 1.54) is 30.9 Å². The van der Waals surface area contributed by atoms with Gasteiger partial charge in [0.25, 0.3) is 17.4 Å². The molecule has 11 heteroatoms. The normalized spacial score (nSPS) is 11.6. The number of hydrazine groups is 1. The molecule has 0 bridgehead atoms. The van der Waals surface area contributed by atoms with Crippen molar-refractivity contribution in [1.29, 1.82) is 0 Å². The lowest BCUT2D eigenvalue weighted by atomic mass is 10.1. The highest BCUT2D eigenvalue weighted by Gasteiger charge is 2.23. The fourth-order valence-corrected chi connectivity index (χ4v) is 4.50. The number of fused-ring (bicyclic) bond motifs is 1. The fraction of sp³-hybridized carbons (Fsp3) is 0.273. The van der Waals surface area contributed by atoms with Crippen molar-refractivity contribution in [1.82, 2.24) is 24.9 Å². The van der Waals surface area contributed by atoms with Crippen LogP contribution in [0.4, 0.5) is 0 Å². The minimum absolute atomic E-state index is 0.00617. The lowest BCUT2D eigenvalue weighted by molar-refractivity contribution is 0.0843. The molecule has 1 aromatic heterocycles. The Morgan fingerprint density at radius 3 is 2.24 bits per heavy atom. The van der Waals surface area contributed by atoms with E-state index in [0.29, 0.717) is 21.9 Å². The molecule has 0 saturated carbocycles. The molecule has 0 aliphatic heterocycles. The average Bonchev–Trinajstić information content (AvgIpc) is 2.79. The van der Waals surface area contributed by atoms with Crippen LogP contribution in [0.1, 0.15) is 38.9 Å². The summed E-state index contributed by atoms with van der Waals surface area (Å²) in [5.74, 6) is -1.42. The Bertz CT molecular complexity index is 1430. The monoisotopic (exact) mass is 471 g/mol. The molecule has 3 rings (SSSR count). The molecule has 0 saturated heterocycles. The van der Waals surface area contributed by atoms with Gasteiger partial charge >= 0.3 is 0 Å². The fourth-order valence-electron chi connectivity index (χ4n) is 3.28. The highest BCUT2D eigenvalue weighted by Crippen LogP contribution is 2.23. The van der Waals surface area contributed by atoms with E-state index in [4.69, 9.17) is 0 Å². The second-order valence-corrected chi connectivity index (χ2v) is 9.75. The maximum atomic E-state index is 12.8. The van der Waals surface area contributed by atoms with Crippen LogP contribution in [0.5, 0.6) is 0 Å². The van der Waals surface area contributed by atoms with Crippen LogP contribution in [-0.4, -0.2) is 48.4 Å². The third-order valence-electron chi connectivity index (χ3n) is 5.31. The Morgan fingerprint density at radius 2 is 1.64 bits per heavy atom. The van der Waals surface area contributed by atoms with E-state index < -0.39 is 21.8 Å². The third kappa shape index (κ3) is 4.50. The van der Waals surface area contributed by atoms with Gasteiger partial charge in [-0.15, -0.1) is 0 Å². The summed E-state index contributed by atoms with van der Waals surface area (Å²) in [4.78, 5) is 38.0. The van der Waals surface area contributed by atoms with Gasteiger partial charge in [-0.2, -0.15) is 5.10 Å². The number of aromatic nitrogens is 2. The molecule has 2 amide bonds. The first-order valence-electron chi connectivity index (χ1n) is 10.1. The third-order valence-corrected chi connectivity index (χ3v) is 7.25. The zero-order valence-electron chi connectivity index (χ0n) is 19.0. The number of hydrogen-bond donors (Lipinski definition) is 2. The molecule has 33 heavy (non-hydrogen) atoms. The Kier molecular flexibility index (Phi) is 6.65. The summed E-state index contributed by atoms with van der Waals surface area (Å²) < 4.78 is 27.5. The number of hydrogen-bond acceptors (Lipinski definition) is 6. The summed E-state index contributed by atoms with van der Waals surface area (Å²) >= 11 is 0. The average molecular weight is 472 g/mol. The quantitative estimate of drug-likeness (QED) is 0.541. The molecule has 1 heterocycles. The van der Waals surface area contributed by atoms with Crippen LogP contribution in [0.15, 0.2) is 46.1 Å². The first kappa shape index (κ1) is 24.1. The first-order valence-corrected chi connectivity index (χ1v) is 11.6. The first-order chi connectivity index (χ1) is 15.5. The van der Waals surface area contributed by atoms with Gasteiger partial charge in [0, 0.05) is 31.6 Å². The number of nitrogens with zero attached hydrogens (tertiary/aromatic N) is 3. The van der Waals surface area contributed by atoms with Crippen molar-refractivity contribution in [2.24, 2.45) is 0 Å². The standard InChI is InChI=1S/C22H25N5O5S/c1-6-27-22(30)17-10-8-7-9-16(17)19(25-27)21(29)24-23-20(28)15-11-13(2)14(3)18(12-15)33(31,32)26(4)5/h7-12H,6H2,1-5H3,(H,23,28)(H,24,29). The van der Waals surface area contributed by atoms with Crippen LogP contribution in [0.3, 0.4) is 0 Å². The largest absolute Gasteiger partial charge is 0.290 e. The number of carbonyl (C=O) groups excluding carboxylic acids is 2. The van der Waals surface area contributed by atoms with Gasteiger partial charge in [-0.05, 0) is 50.1 Å². The Balaban J connectivity index is 1.91. The molecule has 2 aromatic carbocycles. The molecule has 0 fully saturated rings. The molecule has 0 atom stereocenters. The number of aryl methyl sites for hydroxylation is 2. The molecule has 10 nitrogen and oxygen atoms in total. The molecule has 3 aromatic rings. The van der Waals surface area contributed by atoms with Crippen molar-refractivity contribution in [3.8, 4) is 0 Å². The van der Waals surface area contributed by atoms with Crippen molar-refractivity contribution in [3.63, 3.8) is 0 Å². The highest BCUT2D eigenvalue weighted by molar-refractivity contribution is 7.89. The molecule has 0 spiro atoms. The molecule has 0 radical (unpaired) electrons. The van der Waals surface area contributed by atoms with E-state index in [1.54, 1.807) is 45.0 Å². The van der Waals surface area contributed by atoms with Crippen LogP contribution in [0, 0.1) is 13.8 Å². The summed E-state index contributed by atoms with van der Waals surface area (Å²) in [6, 6.07) is 9.37. The Morgan fingerprint density at radius 1 is 1.03 bits per heavy atom. The second-order valence-electron chi connectivity index (χ2n) is 7.63. The van der Waals surface area contributed by atoms with E-state index in [1.807, 2.05) is 0 Å². The number of nitrogens with one attached hydrogen (secondary N) is 2. The van der Waals surface area contributed by atoms with Gasteiger partial charge in [-0.25, -0.2) is 17.4 Å². The van der Waals surface area contributed by atoms with Crippen LogP contribution >= 0.6 is 0 Å². The second kappa shape index (κ2) is 9.12. The molecule has 174 valence electrons. The summed E-state index contributed by atoms with van der Waals surface area (Å²) in [7, 11) is -0.959. The number of sulfonamides is 1. The van der Waals surface area contributed by atoms with E-state index in [2.05, 4.69) is 16.0 Å². The van der Waals surface area contributed by atoms with Gasteiger partial charge in [0.15, 0.2) is 5.69 Å². The molecule has 0 unspecified atom stereocenters. The van der Waals surface area contributed by atoms with Crippen molar-refractivity contribution >= 4 is 32.6 Å². The van der Waals surface area contributed by atoms with Gasteiger partial charge in [0.2, 0.25) is 10.0 Å². The molecule has 2 N–H and O–H groups in total. The SMILES string of the molecule is CCn1nc(C(=O)NNC(=O)c2cc(C)c(C)c(S(=O)(=O)N(C)C)c2)c2ccccc2c1=O. The van der Waals surface area contributed by atoms with E-state index in [-0.39, 0.29) is 28.3 Å². The number of carbonyl (C=O) groups is 2. The zero-order valence-corrected chi connectivity index (χ0v) is 19.8. The van der Waals surface area contributed by atoms with E-state index >= 15 is 0 Å². The summed E-state index contributed by atoms with van der Waals surface area (Å²) in [5.41, 5.74) is 5.45.